The third kappa shape index (κ3) is 4.50. The van der Waals surface area contributed by atoms with E-state index >= 15 is 0 Å². The number of hydrogen-bond acceptors (Lipinski definition) is 4. The minimum atomic E-state index is -0.369. The van der Waals surface area contributed by atoms with Gasteiger partial charge in [0.15, 0.2) is 5.11 Å². The lowest BCUT2D eigenvalue weighted by Crippen LogP contribution is -2.20. The molecule has 0 radical (unpaired) electrons. The first-order valence-corrected chi connectivity index (χ1v) is 10.8. The van der Waals surface area contributed by atoms with E-state index < -0.39 is 0 Å². The zero-order valence-electron chi connectivity index (χ0n) is 16.3. The van der Waals surface area contributed by atoms with Crippen LogP contribution >= 0.6 is 23.6 Å². The van der Waals surface area contributed by atoms with Crippen LogP contribution in [0.2, 0.25) is 0 Å². The zero-order chi connectivity index (χ0) is 20.9. The number of benzene rings is 3. The number of nitrogens with one attached hydrogen (secondary N) is 2. The molecule has 0 aliphatic heterocycles. The molecule has 0 amide bonds. The molecule has 1 heterocycles. The predicted molar refractivity (Wildman–Crippen MR) is 130 cm³/mol. The number of thiophene rings is 1. The van der Waals surface area contributed by atoms with E-state index in [9.17, 15) is 4.79 Å². The Morgan fingerprint density at radius 3 is 2.43 bits per heavy atom. The lowest BCUT2D eigenvalue weighted by molar-refractivity contribution is 0.0528. The second-order valence-corrected chi connectivity index (χ2v) is 8.04. The Balaban J connectivity index is 1.57. The van der Waals surface area contributed by atoms with Crippen molar-refractivity contribution in [2.24, 2.45) is 0 Å². The van der Waals surface area contributed by atoms with Crippen molar-refractivity contribution in [2.45, 2.75) is 6.92 Å². The van der Waals surface area contributed by atoms with Crippen LogP contribution in [0.3, 0.4) is 0 Å². The molecule has 4 aromatic rings. The van der Waals surface area contributed by atoms with Crippen molar-refractivity contribution in [1.82, 2.24) is 0 Å². The Morgan fingerprint density at radius 2 is 1.67 bits per heavy atom. The molecule has 0 bridgehead atoms. The topological polar surface area (TPSA) is 50.4 Å². The molecule has 0 atom stereocenters. The molecule has 0 aliphatic carbocycles. The summed E-state index contributed by atoms with van der Waals surface area (Å²) in [5, 5.41) is 9.74. The molecule has 3 aromatic carbocycles. The van der Waals surface area contributed by atoms with Crippen LogP contribution in [0.25, 0.3) is 21.2 Å². The minimum absolute atomic E-state index is 0.314. The molecule has 4 nitrogen and oxygen atoms in total. The predicted octanol–water partition coefficient (Wildman–Crippen LogP) is 6.55. The van der Waals surface area contributed by atoms with Crippen molar-refractivity contribution in [1.29, 1.82) is 0 Å². The maximum absolute atomic E-state index is 12.5. The zero-order valence-corrected chi connectivity index (χ0v) is 18.0. The molecule has 4 rings (SSSR count). The Bertz CT molecular complexity index is 1200. The van der Waals surface area contributed by atoms with E-state index in [0.29, 0.717) is 22.3 Å². The number of hydrogen-bond donors (Lipinski definition) is 2. The smallest absolute Gasteiger partial charge is 0.341 e. The van der Waals surface area contributed by atoms with Gasteiger partial charge in [-0.25, -0.2) is 4.79 Å². The highest BCUT2D eigenvalue weighted by atomic mass is 32.1. The standard InChI is InChI=1S/C24H20N2O2S2/c1-2-28-23(27)20-15-21(17-9-4-3-5-10-17)30-22(20)26-24(29)25-19-13-12-16-8-6-7-11-18(16)14-19/h3-15H,2H2,1H3,(H2,25,26,29). The minimum Gasteiger partial charge on any atom is -0.462 e. The van der Waals surface area contributed by atoms with Crippen LogP contribution in [0, 0.1) is 0 Å². The molecule has 0 saturated heterocycles. The Hall–Kier alpha value is -3.22. The quantitative estimate of drug-likeness (QED) is 0.276. The maximum atomic E-state index is 12.5. The fourth-order valence-electron chi connectivity index (χ4n) is 3.12. The molecule has 1 aromatic heterocycles. The third-order valence-electron chi connectivity index (χ3n) is 4.52. The van der Waals surface area contributed by atoms with Gasteiger partial charge in [0, 0.05) is 10.6 Å². The molecule has 30 heavy (non-hydrogen) atoms. The van der Waals surface area contributed by atoms with Crippen molar-refractivity contribution < 1.29 is 9.53 Å². The SMILES string of the molecule is CCOC(=O)c1cc(-c2ccccc2)sc1NC(=S)Nc1ccc2ccccc2c1. The van der Waals surface area contributed by atoms with Crippen LogP contribution < -0.4 is 10.6 Å². The van der Waals surface area contributed by atoms with Gasteiger partial charge in [-0.1, -0.05) is 60.7 Å². The van der Waals surface area contributed by atoms with E-state index in [-0.39, 0.29) is 5.97 Å². The molecule has 0 spiro atoms. The number of ether oxygens (including phenoxy) is 1. The van der Waals surface area contributed by atoms with E-state index in [0.717, 1.165) is 26.9 Å². The summed E-state index contributed by atoms with van der Waals surface area (Å²) in [6.07, 6.45) is 0. The van der Waals surface area contributed by atoms with Crippen molar-refractivity contribution in [3.05, 3.63) is 84.4 Å². The molecular formula is C24H20N2O2S2. The first kappa shape index (κ1) is 20.1. The molecule has 0 aliphatic rings. The lowest BCUT2D eigenvalue weighted by atomic mass is 10.1. The number of carbonyl (C=O) groups is 1. The van der Waals surface area contributed by atoms with Gasteiger partial charge in [0.2, 0.25) is 0 Å². The largest absolute Gasteiger partial charge is 0.462 e. The highest BCUT2D eigenvalue weighted by Gasteiger charge is 2.19. The first-order valence-electron chi connectivity index (χ1n) is 9.57. The van der Waals surface area contributed by atoms with Crippen LogP contribution in [0.1, 0.15) is 17.3 Å². The van der Waals surface area contributed by atoms with Gasteiger partial charge in [0.05, 0.1) is 12.2 Å². The van der Waals surface area contributed by atoms with Crippen molar-refractivity contribution >= 4 is 56.1 Å². The first-order chi connectivity index (χ1) is 14.6. The van der Waals surface area contributed by atoms with Crippen LogP contribution in [-0.4, -0.2) is 17.7 Å². The number of esters is 1. The van der Waals surface area contributed by atoms with E-state index in [4.69, 9.17) is 17.0 Å². The second-order valence-electron chi connectivity index (χ2n) is 6.58. The molecule has 6 heteroatoms. The lowest BCUT2D eigenvalue weighted by Gasteiger charge is -2.11. The van der Waals surface area contributed by atoms with Gasteiger partial charge < -0.3 is 15.4 Å². The van der Waals surface area contributed by atoms with Gasteiger partial charge in [-0.2, -0.15) is 0 Å². The second kappa shape index (κ2) is 9.07. The van der Waals surface area contributed by atoms with E-state index in [1.807, 2.05) is 66.7 Å². The van der Waals surface area contributed by atoms with Crippen LogP contribution in [0.15, 0.2) is 78.9 Å². The number of carbonyl (C=O) groups excluding carboxylic acids is 1. The third-order valence-corrected chi connectivity index (χ3v) is 5.82. The summed E-state index contributed by atoms with van der Waals surface area (Å²) in [4.78, 5) is 13.4. The number of rotatable bonds is 5. The van der Waals surface area contributed by atoms with Gasteiger partial charge >= 0.3 is 5.97 Å². The van der Waals surface area contributed by atoms with Crippen molar-refractivity contribution in [2.75, 3.05) is 17.2 Å². The van der Waals surface area contributed by atoms with Gasteiger partial charge in [0.1, 0.15) is 5.00 Å². The summed E-state index contributed by atoms with van der Waals surface area (Å²) >= 11 is 6.98. The van der Waals surface area contributed by atoms with E-state index in [1.54, 1.807) is 6.92 Å². The molecular weight excluding hydrogens is 412 g/mol. The summed E-state index contributed by atoms with van der Waals surface area (Å²) in [6, 6.07) is 26.0. The molecule has 0 unspecified atom stereocenters. The average Bonchev–Trinajstić information content (AvgIpc) is 3.18. The maximum Gasteiger partial charge on any atom is 0.341 e. The van der Waals surface area contributed by atoms with Crippen LogP contribution in [-0.2, 0) is 4.74 Å². The summed E-state index contributed by atoms with van der Waals surface area (Å²) in [5.74, 6) is -0.369. The van der Waals surface area contributed by atoms with Gasteiger partial charge in [0.25, 0.3) is 0 Å². The number of thiocarbonyl (C=S) groups is 1. The van der Waals surface area contributed by atoms with Crippen LogP contribution in [0.5, 0.6) is 0 Å². The van der Waals surface area contributed by atoms with Gasteiger partial charge in [-0.15, -0.1) is 11.3 Å². The van der Waals surface area contributed by atoms with Crippen molar-refractivity contribution in [3.8, 4) is 10.4 Å². The molecule has 2 N–H and O–H groups in total. The molecule has 0 fully saturated rings. The fraction of sp³-hybridized carbons (Fsp3) is 0.0833. The fourth-order valence-corrected chi connectivity index (χ4v) is 4.46. The molecule has 150 valence electrons. The van der Waals surface area contributed by atoms with Crippen LogP contribution in [0.4, 0.5) is 10.7 Å². The summed E-state index contributed by atoms with van der Waals surface area (Å²) in [7, 11) is 0. The summed E-state index contributed by atoms with van der Waals surface area (Å²) < 4.78 is 5.23. The highest BCUT2D eigenvalue weighted by Crippen LogP contribution is 2.36. The van der Waals surface area contributed by atoms with Crippen molar-refractivity contribution in [3.63, 3.8) is 0 Å². The molecule has 0 saturated carbocycles. The Morgan fingerprint density at radius 1 is 0.933 bits per heavy atom. The highest BCUT2D eigenvalue weighted by molar-refractivity contribution is 7.80. The van der Waals surface area contributed by atoms with Gasteiger partial charge in [-0.05, 0) is 53.7 Å². The van der Waals surface area contributed by atoms with Gasteiger partial charge in [-0.3, -0.25) is 0 Å². The normalized spacial score (nSPS) is 10.6. The number of fused-ring (bicyclic) bond motifs is 1. The monoisotopic (exact) mass is 432 g/mol. The average molecular weight is 433 g/mol. The van der Waals surface area contributed by atoms with E-state index in [1.165, 1.54) is 11.3 Å². The Labute approximate surface area is 184 Å². The van der Waals surface area contributed by atoms with E-state index in [2.05, 4.69) is 22.8 Å². The number of anilines is 2. The Kier molecular flexibility index (Phi) is 6.07. The summed E-state index contributed by atoms with van der Waals surface area (Å²) in [5.41, 5.74) is 2.39. The summed E-state index contributed by atoms with van der Waals surface area (Å²) in [6.45, 7) is 2.11.